The van der Waals surface area contributed by atoms with Crippen LogP contribution in [0.15, 0.2) is 76.2 Å². The Morgan fingerprint density at radius 1 is 0.917 bits per heavy atom. The lowest BCUT2D eigenvalue weighted by Crippen LogP contribution is -2.57. The second-order valence-electron chi connectivity index (χ2n) is 8.26. The minimum absolute atomic E-state index is 0.0565. The summed E-state index contributed by atoms with van der Waals surface area (Å²) < 4.78 is 45.5. The van der Waals surface area contributed by atoms with Crippen molar-refractivity contribution in [3.05, 3.63) is 89.6 Å². The number of rotatable bonds is 6. The van der Waals surface area contributed by atoms with E-state index in [4.69, 9.17) is 4.42 Å². The highest BCUT2D eigenvalue weighted by molar-refractivity contribution is 7.92. The SMILES string of the molecule is Cc1ccccc1C(=O)N[C@H](C(=O)N1CCN(C(=O)c2ccco2)CC1)S(=O)(=O)c1ccc(F)cc1. The number of nitrogens with zero attached hydrogens (tertiary/aromatic N) is 2. The minimum Gasteiger partial charge on any atom is -0.459 e. The minimum atomic E-state index is -4.43. The molecule has 0 radical (unpaired) electrons. The molecule has 1 saturated heterocycles. The predicted molar refractivity (Wildman–Crippen MR) is 127 cm³/mol. The second-order valence-corrected chi connectivity index (χ2v) is 10.3. The summed E-state index contributed by atoms with van der Waals surface area (Å²) in [4.78, 5) is 41.5. The maximum Gasteiger partial charge on any atom is 0.289 e. The Kier molecular flexibility index (Phi) is 7.20. The average Bonchev–Trinajstić information content (AvgIpc) is 3.42. The molecule has 1 aromatic heterocycles. The van der Waals surface area contributed by atoms with Gasteiger partial charge in [0.1, 0.15) is 5.82 Å². The van der Waals surface area contributed by atoms with E-state index in [1.165, 1.54) is 28.2 Å². The number of hydrogen-bond acceptors (Lipinski definition) is 6. The molecular formula is C25H24FN3O6S. The van der Waals surface area contributed by atoms with Crippen LogP contribution in [0.1, 0.15) is 26.5 Å². The zero-order valence-corrected chi connectivity index (χ0v) is 20.2. The first kappa shape index (κ1) is 25.1. The van der Waals surface area contributed by atoms with E-state index in [1.54, 1.807) is 31.2 Å². The molecule has 4 rings (SSSR count). The van der Waals surface area contributed by atoms with Crippen molar-refractivity contribution in [2.24, 2.45) is 0 Å². The molecule has 1 atom stereocenters. The molecule has 2 heterocycles. The van der Waals surface area contributed by atoms with Crippen molar-refractivity contribution in [1.82, 2.24) is 15.1 Å². The van der Waals surface area contributed by atoms with Crippen LogP contribution in [-0.2, 0) is 14.6 Å². The smallest absolute Gasteiger partial charge is 0.289 e. The Labute approximate surface area is 207 Å². The first-order valence-electron chi connectivity index (χ1n) is 11.2. The number of benzene rings is 2. The van der Waals surface area contributed by atoms with E-state index in [-0.39, 0.29) is 48.3 Å². The van der Waals surface area contributed by atoms with Crippen molar-refractivity contribution >= 4 is 27.6 Å². The predicted octanol–water partition coefficient (Wildman–Crippen LogP) is 2.24. The number of halogens is 1. The lowest BCUT2D eigenvalue weighted by Gasteiger charge is -2.36. The highest BCUT2D eigenvalue weighted by Crippen LogP contribution is 2.20. The monoisotopic (exact) mass is 513 g/mol. The zero-order valence-electron chi connectivity index (χ0n) is 19.4. The molecule has 3 aromatic rings. The third-order valence-corrected chi connectivity index (χ3v) is 7.81. The highest BCUT2D eigenvalue weighted by Gasteiger charge is 2.40. The van der Waals surface area contributed by atoms with Gasteiger partial charge in [-0.3, -0.25) is 14.4 Å². The Balaban J connectivity index is 1.58. The van der Waals surface area contributed by atoms with Gasteiger partial charge in [-0.05, 0) is 55.0 Å². The summed E-state index contributed by atoms with van der Waals surface area (Å²) in [6.45, 7) is 2.11. The van der Waals surface area contributed by atoms with Crippen molar-refractivity contribution in [2.75, 3.05) is 26.2 Å². The van der Waals surface area contributed by atoms with Gasteiger partial charge in [-0.1, -0.05) is 18.2 Å². The molecule has 1 N–H and O–H groups in total. The van der Waals surface area contributed by atoms with Crippen LogP contribution < -0.4 is 5.32 Å². The first-order chi connectivity index (χ1) is 17.2. The van der Waals surface area contributed by atoms with Crippen molar-refractivity contribution < 1.29 is 31.6 Å². The number of carbonyl (C=O) groups excluding carboxylic acids is 3. The van der Waals surface area contributed by atoms with Crippen LogP contribution in [0, 0.1) is 12.7 Å². The number of amides is 3. The molecule has 11 heteroatoms. The van der Waals surface area contributed by atoms with Gasteiger partial charge in [-0.15, -0.1) is 0 Å². The maximum atomic E-state index is 13.5. The van der Waals surface area contributed by atoms with Gasteiger partial charge in [0.25, 0.3) is 17.7 Å². The molecular weight excluding hydrogens is 489 g/mol. The van der Waals surface area contributed by atoms with Crippen LogP contribution in [0.3, 0.4) is 0 Å². The third kappa shape index (κ3) is 5.15. The Bertz CT molecular complexity index is 1370. The Morgan fingerprint density at radius 2 is 1.56 bits per heavy atom. The van der Waals surface area contributed by atoms with Crippen LogP contribution in [0.25, 0.3) is 0 Å². The Morgan fingerprint density at radius 3 is 2.17 bits per heavy atom. The van der Waals surface area contributed by atoms with Crippen LogP contribution in [-0.4, -0.2) is 67.5 Å². The van der Waals surface area contributed by atoms with E-state index in [9.17, 15) is 27.2 Å². The van der Waals surface area contributed by atoms with Crippen molar-refractivity contribution in [3.63, 3.8) is 0 Å². The largest absolute Gasteiger partial charge is 0.459 e. The van der Waals surface area contributed by atoms with Gasteiger partial charge in [0.2, 0.25) is 15.2 Å². The van der Waals surface area contributed by atoms with Gasteiger partial charge < -0.3 is 19.5 Å². The zero-order chi connectivity index (χ0) is 25.9. The number of hydrogen-bond donors (Lipinski definition) is 1. The summed E-state index contributed by atoms with van der Waals surface area (Å²) >= 11 is 0. The molecule has 188 valence electrons. The van der Waals surface area contributed by atoms with Crippen molar-refractivity contribution in [3.8, 4) is 0 Å². The molecule has 9 nitrogen and oxygen atoms in total. The van der Waals surface area contributed by atoms with Gasteiger partial charge in [-0.25, -0.2) is 12.8 Å². The third-order valence-electron chi connectivity index (χ3n) is 5.94. The number of piperazine rings is 1. The molecule has 2 aromatic carbocycles. The number of aryl methyl sites for hydroxylation is 1. The van der Waals surface area contributed by atoms with Crippen LogP contribution in [0.5, 0.6) is 0 Å². The summed E-state index contributed by atoms with van der Waals surface area (Å²) in [5.41, 5.74) is 0.823. The topological polar surface area (TPSA) is 117 Å². The van der Waals surface area contributed by atoms with E-state index in [2.05, 4.69) is 5.32 Å². The molecule has 36 heavy (non-hydrogen) atoms. The van der Waals surface area contributed by atoms with Gasteiger partial charge in [-0.2, -0.15) is 0 Å². The van der Waals surface area contributed by atoms with Gasteiger partial charge in [0, 0.05) is 31.7 Å². The molecule has 0 unspecified atom stereocenters. The molecule has 0 saturated carbocycles. The fraction of sp³-hybridized carbons (Fsp3) is 0.240. The summed E-state index contributed by atoms with van der Waals surface area (Å²) in [6.07, 6.45) is 1.38. The van der Waals surface area contributed by atoms with Crippen LogP contribution in [0.4, 0.5) is 4.39 Å². The molecule has 0 bridgehead atoms. The van der Waals surface area contributed by atoms with Gasteiger partial charge in [0.05, 0.1) is 11.2 Å². The first-order valence-corrected chi connectivity index (χ1v) is 12.7. The molecule has 1 fully saturated rings. The summed E-state index contributed by atoms with van der Waals surface area (Å²) in [6, 6.07) is 13.7. The number of sulfone groups is 1. The molecule has 1 aliphatic rings. The molecule has 0 spiro atoms. The highest BCUT2D eigenvalue weighted by atomic mass is 32.2. The number of nitrogens with one attached hydrogen (secondary N) is 1. The fourth-order valence-electron chi connectivity index (χ4n) is 3.91. The van der Waals surface area contributed by atoms with Crippen LogP contribution >= 0.6 is 0 Å². The normalized spacial score (nSPS) is 14.8. The lowest BCUT2D eigenvalue weighted by atomic mass is 10.1. The van der Waals surface area contributed by atoms with Gasteiger partial charge >= 0.3 is 0 Å². The number of furan rings is 1. The van der Waals surface area contributed by atoms with E-state index in [0.29, 0.717) is 5.56 Å². The molecule has 0 aliphatic carbocycles. The second kappa shape index (κ2) is 10.3. The van der Waals surface area contributed by atoms with Gasteiger partial charge in [0.15, 0.2) is 5.76 Å². The summed E-state index contributed by atoms with van der Waals surface area (Å²) in [7, 11) is -4.43. The van der Waals surface area contributed by atoms with Crippen LogP contribution in [0.2, 0.25) is 0 Å². The van der Waals surface area contributed by atoms with E-state index in [1.807, 2.05) is 0 Å². The van der Waals surface area contributed by atoms with E-state index >= 15 is 0 Å². The average molecular weight is 514 g/mol. The summed E-state index contributed by atoms with van der Waals surface area (Å²) in [5, 5.41) is 0.431. The molecule has 1 aliphatic heterocycles. The molecule has 3 amide bonds. The standard InChI is InChI=1S/C25H24FN3O6S/c1-17-5-2-3-6-20(17)22(30)27-23(36(33,34)19-10-8-18(26)9-11-19)25(32)29-14-12-28(13-15-29)24(31)21-7-4-16-35-21/h2-11,16,23H,12-15H2,1H3,(H,27,30)/t23-/m0/s1. The number of carbonyl (C=O) groups is 3. The quantitative estimate of drug-likeness (QED) is 0.506. The summed E-state index contributed by atoms with van der Waals surface area (Å²) in [5.74, 6) is -2.39. The Hall–Kier alpha value is -3.99. The van der Waals surface area contributed by atoms with E-state index < -0.39 is 32.8 Å². The lowest BCUT2D eigenvalue weighted by molar-refractivity contribution is -0.132. The van der Waals surface area contributed by atoms with Crippen molar-refractivity contribution in [2.45, 2.75) is 17.2 Å². The van der Waals surface area contributed by atoms with Crippen molar-refractivity contribution in [1.29, 1.82) is 0 Å². The van der Waals surface area contributed by atoms with E-state index in [0.717, 1.165) is 24.3 Å². The maximum absolute atomic E-state index is 13.5. The fourth-order valence-corrected chi connectivity index (χ4v) is 5.37.